The fraction of sp³-hybridized carbons (Fsp3) is 1.00. The Hall–Kier alpha value is -0.0800. The maximum absolute atomic E-state index is 3.50. The highest BCUT2D eigenvalue weighted by atomic mass is 15.1. The number of hydrogen-bond donors (Lipinski definition) is 1. The minimum absolute atomic E-state index is 0.638. The van der Waals surface area contributed by atoms with Crippen molar-refractivity contribution in [3.63, 3.8) is 0 Å². The zero-order valence-corrected chi connectivity index (χ0v) is 13.8. The van der Waals surface area contributed by atoms with Gasteiger partial charge in [-0.1, -0.05) is 34.1 Å². The molecule has 1 aliphatic rings. The Balaban J connectivity index is 2.02. The molecule has 2 nitrogen and oxygen atoms in total. The Morgan fingerprint density at radius 1 is 1.11 bits per heavy atom. The zero-order valence-electron chi connectivity index (χ0n) is 13.8. The summed E-state index contributed by atoms with van der Waals surface area (Å²) in [6.45, 7) is 14.4. The Morgan fingerprint density at radius 2 is 1.89 bits per heavy atom. The first-order chi connectivity index (χ1) is 9.08. The summed E-state index contributed by atoms with van der Waals surface area (Å²) in [5.41, 5.74) is 0. The van der Waals surface area contributed by atoms with Crippen molar-refractivity contribution < 1.29 is 0 Å². The molecule has 2 heteroatoms. The number of nitrogens with one attached hydrogen (secondary N) is 1. The van der Waals surface area contributed by atoms with Gasteiger partial charge in [0.15, 0.2) is 0 Å². The van der Waals surface area contributed by atoms with E-state index in [1.807, 2.05) is 0 Å². The van der Waals surface area contributed by atoms with Gasteiger partial charge in [0.2, 0.25) is 0 Å². The first kappa shape index (κ1) is 17.0. The minimum atomic E-state index is 0.638. The highest BCUT2D eigenvalue weighted by Crippen LogP contribution is 2.23. The lowest BCUT2D eigenvalue weighted by Crippen LogP contribution is -2.36. The van der Waals surface area contributed by atoms with Crippen LogP contribution < -0.4 is 5.32 Å². The summed E-state index contributed by atoms with van der Waals surface area (Å²) >= 11 is 0. The van der Waals surface area contributed by atoms with E-state index >= 15 is 0 Å². The molecular weight excluding hydrogens is 232 g/mol. The molecule has 1 aliphatic heterocycles. The van der Waals surface area contributed by atoms with Gasteiger partial charge in [0, 0.05) is 12.6 Å². The smallest absolute Gasteiger partial charge is 0.00103 e. The number of nitrogens with zero attached hydrogens (tertiary/aromatic N) is 1. The Labute approximate surface area is 121 Å². The van der Waals surface area contributed by atoms with Gasteiger partial charge in [-0.2, -0.15) is 0 Å². The SMILES string of the molecule is CC(C)CC1CCCN(CCCCCNC(C)C)C1. The number of likely N-dealkylation sites (tertiary alicyclic amines) is 1. The monoisotopic (exact) mass is 268 g/mol. The van der Waals surface area contributed by atoms with Gasteiger partial charge in [0.05, 0.1) is 0 Å². The first-order valence-corrected chi connectivity index (χ1v) is 8.53. The summed E-state index contributed by atoms with van der Waals surface area (Å²) in [6.07, 6.45) is 8.41. The maximum Gasteiger partial charge on any atom is 0.00103 e. The molecule has 1 saturated heterocycles. The van der Waals surface area contributed by atoms with Gasteiger partial charge in [0.25, 0.3) is 0 Å². The van der Waals surface area contributed by atoms with Gasteiger partial charge in [0.1, 0.15) is 0 Å². The van der Waals surface area contributed by atoms with Crippen LogP contribution in [-0.2, 0) is 0 Å². The fourth-order valence-electron chi connectivity index (χ4n) is 3.24. The van der Waals surface area contributed by atoms with E-state index in [1.165, 1.54) is 64.7 Å². The molecule has 0 aromatic heterocycles. The van der Waals surface area contributed by atoms with Gasteiger partial charge < -0.3 is 10.2 Å². The van der Waals surface area contributed by atoms with E-state index in [4.69, 9.17) is 0 Å². The lowest BCUT2D eigenvalue weighted by molar-refractivity contribution is 0.157. The van der Waals surface area contributed by atoms with Crippen LogP contribution in [0.2, 0.25) is 0 Å². The van der Waals surface area contributed by atoms with Crippen molar-refractivity contribution in [2.75, 3.05) is 26.2 Å². The van der Waals surface area contributed by atoms with Gasteiger partial charge in [-0.25, -0.2) is 0 Å². The third kappa shape index (κ3) is 8.65. The molecule has 114 valence electrons. The summed E-state index contributed by atoms with van der Waals surface area (Å²) in [6, 6.07) is 0.638. The summed E-state index contributed by atoms with van der Waals surface area (Å²) < 4.78 is 0. The third-order valence-corrected chi connectivity index (χ3v) is 4.11. The molecule has 0 aromatic carbocycles. The molecule has 0 saturated carbocycles. The van der Waals surface area contributed by atoms with Crippen LogP contribution in [0.5, 0.6) is 0 Å². The van der Waals surface area contributed by atoms with Gasteiger partial charge in [-0.05, 0) is 63.6 Å². The van der Waals surface area contributed by atoms with Crippen molar-refractivity contribution in [2.45, 2.75) is 72.3 Å². The molecule has 0 spiro atoms. The van der Waals surface area contributed by atoms with E-state index in [-0.39, 0.29) is 0 Å². The average molecular weight is 268 g/mol. The quantitative estimate of drug-likeness (QED) is 0.638. The highest BCUT2D eigenvalue weighted by Gasteiger charge is 2.19. The van der Waals surface area contributed by atoms with Crippen molar-refractivity contribution >= 4 is 0 Å². The van der Waals surface area contributed by atoms with Crippen LogP contribution in [0.1, 0.15) is 66.2 Å². The predicted molar refractivity (Wildman–Crippen MR) is 85.6 cm³/mol. The van der Waals surface area contributed by atoms with E-state index in [0.717, 1.165) is 11.8 Å². The standard InChI is InChI=1S/C17H36N2/c1-15(2)13-17-9-8-12-19(14-17)11-7-5-6-10-18-16(3)4/h15-18H,5-14H2,1-4H3. The third-order valence-electron chi connectivity index (χ3n) is 4.11. The van der Waals surface area contributed by atoms with Crippen LogP contribution in [-0.4, -0.2) is 37.1 Å². The molecule has 1 fully saturated rings. The van der Waals surface area contributed by atoms with E-state index in [9.17, 15) is 0 Å². The van der Waals surface area contributed by atoms with Crippen LogP contribution in [0, 0.1) is 11.8 Å². The van der Waals surface area contributed by atoms with Crippen molar-refractivity contribution in [3.05, 3.63) is 0 Å². The minimum Gasteiger partial charge on any atom is -0.315 e. The second-order valence-corrected chi connectivity index (χ2v) is 7.11. The molecule has 0 radical (unpaired) electrons. The van der Waals surface area contributed by atoms with Crippen LogP contribution in [0.4, 0.5) is 0 Å². The molecule has 1 N–H and O–H groups in total. The van der Waals surface area contributed by atoms with Gasteiger partial charge in [-0.3, -0.25) is 0 Å². The zero-order chi connectivity index (χ0) is 14.1. The van der Waals surface area contributed by atoms with Crippen molar-refractivity contribution in [2.24, 2.45) is 11.8 Å². The molecule has 1 rings (SSSR count). The predicted octanol–water partition coefficient (Wildman–Crippen LogP) is 3.91. The summed E-state index contributed by atoms with van der Waals surface area (Å²) in [4.78, 5) is 2.71. The van der Waals surface area contributed by atoms with Crippen molar-refractivity contribution in [3.8, 4) is 0 Å². The van der Waals surface area contributed by atoms with Gasteiger partial charge >= 0.3 is 0 Å². The Morgan fingerprint density at radius 3 is 2.58 bits per heavy atom. The molecular formula is C17H36N2. The molecule has 0 amide bonds. The molecule has 0 bridgehead atoms. The topological polar surface area (TPSA) is 15.3 Å². The highest BCUT2D eigenvalue weighted by molar-refractivity contribution is 4.73. The molecule has 1 atom stereocenters. The largest absolute Gasteiger partial charge is 0.315 e. The van der Waals surface area contributed by atoms with E-state index in [2.05, 4.69) is 37.9 Å². The maximum atomic E-state index is 3.50. The number of piperidine rings is 1. The second kappa shape index (κ2) is 9.77. The molecule has 0 aliphatic carbocycles. The van der Waals surface area contributed by atoms with Crippen molar-refractivity contribution in [1.82, 2.24) is 10.2 Å². The van der Waals surface area contributed by atoms with Crippen LogP contribution in [0.25, 0.3) is 0 Å². The van der Waals surface area contributed by atoms with E-state index in [1.54, 1.807) is 0 Å². The van der Waals surface area contributed by atoms with E-state index in [0.29, 0.717) is 6.04 Å². The summed E-state index contributed by atoms with van der Waals surface area (Å²) in [7, 11) is 0. The summed E-state index contributed by atoms with van der Waals surface area (Å²) in [5.74, 6) is 1.84. The number of unbranched alkanes of at least 4 members (excludes halogenated alkanes) is 2. The molecule has 1 unspecified atom stereocenters. The fourth-order valence-corrected chi connectivity index (χ4v) is 3.24. The molecule has 0 aromatic rings. The first-order valence-electron chi connectivity index (χ1n) is 8.53. The van der Waals surface area contributed by atoms with E-state index < -0.39 is 0 Å². The normalized spacial score (nSPS) is 21.5. The number of hydrogen-bond acceptors (Lipinski definition) is 2. The molecule has 19 heavy (non-hydrogen) atoms. The van der Waals surface area contributed by atoms with Crippen molar-refractivity contribution in [1.29, 1.82) is 0 Å². The lowest BCUT2D eigenvalue weighted by Gasteiger charge is -2.33. The number of rotatable bonds is 9. The second-order valence-electron chi connectivity index (χ2n) is 7.11. The van der Waals surface area contributed by atoms with Gasteiger partial charge in [-0.15, -0.1) is 0 Å². The van der Waals surface area contributed by atoms with Crippen LogP contribution >= 0.6 is 0 Å². The van der Waals surface area contributed by atoms with Crippen LogP contribution in [0.15, 0.2) is 0 Å². The Bertz CT molecular complexity index is 213. The molecule has 1 heterocycles. The average Bonchev–Trinajstić information content (AvgIpc) is 2.33. The van der Waals surface area contributed by atoms with Crippen LogP contribution in [0.3, 0.4) is 0 Å². The Kier molecular flexibility index (Phi) is 8.72. The summed E-state index contributed by atoms with van der Waals surface area (Å²) in [5, 5.41) is 3.50. The lowest BCUT2D eigenvalue weighted by atomic mass is 9.89.